The zero-order valence-electron chi connectivity index (χ0n) is 85.6. The van der Waals surface area contributed by atoms with Gasteiger partial charge < -0.3 is 149 Å². The molecule has 1 aliphatic heterocycles. The van der Waals surface area contributed by atoms with Gasteiger partial charge in [0.15, 0.2) is 0 Å². The van der Waals surface area contributed by atoms with E-state index in [4.69, 9.17) is 22.9 Å². The minimum absolute atomic E-state index is 0.0210. The number of carbonyl (C=O) groups excluding carboxylic acids is 18. The fraction of sp³-hybridized carbons (Fsp3) is 0.539. The minimum Gasteiger partial charge on any atom is -0.508 e. The number of aliphatic hydroxyl groups excluding tert-OH is 3. The molecule has 0 radical (unpaired) electrons. The quantitative estimate of drug-likeness (QED) is 0.0169. The van der Waals surface area contributed by atoms with Crippen LogP contribution in [0.5, 0.6) is 5.75 Å². The number of carboxylic acid groups (broad SMARTS) is 1. The molecule has 2 aromatic heterocycles. The highest BCUT2D eigenvalue weighted by Gasteiger charge is 2.42. The Hall–Kier alpha value is -14.5. The normalized spacial score (nSPS) is 18.2. The van der Waals surface area contributed by atoms with Crippen molar-refractivity contribution in [3.8, 4) is 5.75 Å². The molecule has 0 saturated carbocycles. The summed E-state index contributed by atoms with van der Waals surface area (Å²) < 4.78 is 0. The van der Waals surface area contributed by atoms with Crippen LogP contribution in [0.3, 0.4) is 0 Å². The second-order valence-corrected chi connectivity index (χ2v) is 38.6. The van der Waals surface area contributed by atoms with Crippen LogP contribution in [0.25, 0.3) is 21.8 Å². The minimum atomic E-state index is -2.03. The summed E-state index contributed by atoms with van der Waals surface area (Å²) in [5.41, 5.74) is 25.8. The second-order valence-electron chi connectivity index (χ2n) is 38.6. The molecule has 18 atom stereocenters. The number of unbranched alkanes of at least 4 members (excludes halogenated alkanes) is 3. The molecular formula is C102H149N23O24. The molecule has 18 amide bonds. The smallest absolute Gasteiger partial charge is 0.303 e. The van der Waals surface area contributed by atoms with Gasteiger partial charge in [0, 0.05) is 79.8 Å². The van der Waals surface area contributed by atoms with E-state index in [-0.39, 0.29) is 88.7 Å². The molecule has 1 fully saturated rings. The maximum atomic E-state index is 15.6. The van der Waals surface area contributed by atoms with E-state index in [1.165, 1.54) is 37.4 Å². The zero-order valence-corrected chi connectivity index (χ0v) is 85.6. The number of H-pyrrole nitrogens is 2. The molecule has 0 aliphatic carbocycles. The summed E-state index contributed by atoms with van der Waals surface area (Å²) in [5.74, 6) is -21.8. The topological polar surface area (TPSA) is 766 Å². The Morgan fingerprint density at radius 1 is 0.430 bits per heavy atom. The summed E-state index contributed by atoms with van der Waals surface area (Å²) >= 11 is 0. The van der Waals surface area contributed by atoms with Crippen molar-refractivity contribution >= 4 is 134 Å². The van der Waals surface area contributed by atoms with Gasteiger partial charge in [0.05, 0.1) is 25.2 Å². The van der Waals surface area contributed by atoms with Crippen LogP contribution in [0.15, 0.2) is 116 Å². The SMILES string of the molecule is CC(=O)N[C@H](C(=O)N[C@H](C(=O)N[C@@H](Cc1ccccc1)C(=O)N[C@H](C(=O)N[C@@H](CO)C(=O)N[C@@H](Cc1c[nH]c2ccccc12)C(=O)N[C@H]1CCCCNC(=O)C[C@@H](C(=O)N[C@@H](Cc2c[nH]c3ccccc23)C(=O)N[C@H](C(=O)N[C@@H](CCCCN)C(=O)N[C@@H](CCCCN)C(=O)N[C@@H](CCCCN)C(N)=O)C(C)C)NC(=O)[C@H](CC(C)C)NC(=O)[C@H](Cc2ccc(O)cc2)NC(=O)[C@H](CCC(=O)O)NC1=O)[C@@H](C)O)C(C)C)[C@@H](C)O. The molecule has 4 aromatic carbocycles. The molecule has 0 spiro atoms. The average molecular weight is 2080 g/mol. The van der Waals surface area contributed by atoms with E-state index < -0.39 is 284 Å². The number of aliphatic carboxylic acids is 1. The lowest BCUT2D eigenvalue weighted by Gasteiger charge is -2.30. The Labute approximate surface area is 863 Å². The second kappa shape index (κ2) is 61.3. The van der Waals surface area contributed by atoms with Gasteiger partial charge in [0.2, 0.25) is 106 Å². The lowest BCUT2D eigenvalue weighted by Crippen LogP contribution is -2.63. The number of carbonyl (C=O) groups is 19. The number of rotatable bonds is 54. The van der Waals surface area contributed by atoms with Crippen molar-refractivity contribution in [2.45, 2.75) is 300 Å². The summed E-state index contributed by atoms with van der Waals surface area (Å²) in [6.45, 7) is 12.4. The third kappa shape index (κ3) is 39.6. The Balaban J connectivity index is 1.23. The fourth-order valence-corrected chi connectivity index (χ4v) is 16.9. The maximum absolute atomic E-state index is 15.6. The Morgan fingerprint density at radius 2 is 0.852 bits per heavy atom. The number of fused-ring (bicyclic) bond motifs is 2. The highest BCUT2D eigenvalue weighted by Crippen LogP contribution is 2.25. The summed E-state index contributed by atoms with van der Waals surface area (Å²) in [6.07, 6.45) is -2.15. The van der Waals surface area contributed by atoms with Gasteiger partial charge in [-0.2, -0.15) is 0 Å². The van der Waals surface area contributed by atoms with E-state index in [9.17, 15) is 83.1 Å². The number of primary amides is 1. The van der Waals surface area contributed by atoms with Gasteiger partial charge in [0.1, 0.15) is 102 Å². The molecule has 32 N–H and O–H groups in total. The van der Waals surface area contributed by atoms with Crippen LogP contribution < -0.4 is 113 Å². The maximum Gasteiger partial charge on any atom is 0.303 e. The largest absolute Gasteiger partial charge is 0.508 e. The van der Waals surface area contributed by atoms with E-state index in [2.05, 4.69) is 100 Å². The first-order valence-corrected chi connectivity index (χ1v) is 50.4. The number of aromatic hydroxyl groups is 1. The summed E-state index contributed by atoms with van der Waals surface area (Å²) in [7, 11) is 0. The molecule has 0 bridgehead atoms. The number of aromatic nitrogens is 2. The first-order valence-electron chi connectivity index (χ1n) is 50.4. The third-order valence-corrected chi connectivity index (χ3v) is 25.2. The van der Waals surface area contributed by atoms with Crippen molar-refractivity contribution < 1.29 is 117 Å². The first kappa shape index (κ1) is 121. The van der Waals surface area contributed by atoms with Gasteiger partial charge in [-0.15, -0.1) is 0 Å². The van der Waals surface area contributed by atoms with E-state index in [0.29, 0.717) is 77.1 Å². The van der Waals surface area contributed by atoms with E-state index in [1.54, 1.807) is 127 Å². The van der Waals surface area contributed by atoms with Gasteiger partial charge in [-0.25, -0.2) is 0 Å². The molecule has 7 rings (SSSR count). The average Bonchev–Trinajstić information content (AvgIpc) is 1.77. The van der Waals surface area contributed by atoms with E-state index in [0.717, 1.165) is 13.8 Å². The molecule has 1 saturated heterocycles. The van der Waals surface area contributed by atoms with Crippen molar-refractivity contribution in [2.75, 3.05) is 32.8 Å². The number of benzene rings is 4. The van der Waals surface area contributed by atoms with Crippen molar-refractivity contribution in [2.24, 2.45) is 40.7 Å². The van der Waals surface area contributed by atoms with Crippen LogP contribution in [0.1, 0.15) is 187 Å². The van der Waals surface area contributed by atoms with Crippen LogP contribution >= 0.6 is 0 Å². The highest BCUT2D eigenvalue weighted by molar-refractivity contribution is 6.03. The number of hydrogen-bond acceptors (Lipinski definition) is 26. The number of para-hydroxylation sites is 2. The number of amides is 18. The van der Waals surface area contributed by atoms with Crippen molar-refractivity contribution in [3.63, 3.8) is 0 Å². The Bertz CT molecular complexity index is 5520. The van der Waals surface area contributed by atoms with Crippen LogP contribution in [0.2, 0.25) is 0 Å². The number of phenols is 1. The monoisotopic (exact) mass is 2080 g/mol. The number of nitrogens with one attached hydrogen (secondary N) is 19. The molecule has 816 valence electrons. The molecule has 1 aliphatic rings. The number of phenolic OH excluding ortho intramolecular Hbond substituents is 1. The standard InChI is InChI=1S/C102H149N23O24/c1-54(2)45-74-92(139)120-79(95(142)118-78(49-63-52-109-68-30-16-14-28-66(63)68)97(144)123-83(55(3)4)99(146)115-72(33-19-23-43-105)90(137)112-70(32-18-22-42-104)88(135)111-69(87(106)134)31-17-21-41-103)50-81(131)107-44-24-20-34-71(89(136)114-73(39-40-82(132)133)91(138)117-75(93(140)116-74)47-61-35-37-64(130)38-36-61)113-94(141)77(48-62-51-108-67-29-15-13-27-65(62)67)119-98(145)80(53-126)122-101(148)86(58(8)128)125-96(143)76(46-60-25-11-10-12-26-60)121-100(147)84(56(5)6)124-102(149)85(57(7)127)110-59(9)129/h10-16,25-30,35-38,51-52,54-58,69-80,83-86,108-109,126-128,130H,17-24,31-34,39-50,53,103-105H2,1-9H3,(H2,106,134)(H,107,131)(H,110,129)(H,111,135)(H,112,137)(H,113,141)(H,114,136)(H,115,146)(H,116,140)(H,117,138)(H,118,142)(H,119,145)(H,120,139)(H,121,147)(H,122,148)(H,123,144)(H,124,149)(H,125,143)(H,132,133)/t57-,58-,69+,70+,71+,72+,73+,74+,75+,76+,77+,78+,79+,80+,83+,84+,85+,86+/m1/s1. The molecule has 6 aromatic rings. The zero-order chi connectivity index (χ0) is 110. The Morgan fingerprint density at radius 3 is 1.36 bits per heavy atom. The molecule has 3 heterocycles. The summed E-state index contributed by atoms with van der Waals surface area (Å²) in [4.78, 5) is 281. The molecule has 0 unspecified atom stereocenters. The third-order valence-electron chi connectivity index (χ3n) is 25.2. The van der Waals surface area contributed by atoms with Crippen molar-refractivity contribution in [1.29, 1.82) is 0 Å². The molecule has 149 heavy (non-hydrogen) atoms. The van der Waals surface area contributed by atoms with Crippen molar-refractivity contribution in [3.05, 3.63) is 138 Å². The Kier molecular flexibility index (Phi) is 49.9. The van der Waals surface area contributed by atoms with Crippen molar-refractivity contribution in [1.82, 2.24) is 100 Å². The lowest BCUT2D eigenvalue weighted by molar-refractivity contribution is -0.139. The molecule has 47 nitrogen and oxygen atoms in total. The van der Waals surface area contributed by atoms with Crippen LogP contribution in [0, 0.1) is 17.8 Å². The predicted octanol–water partition coefficient (Wildman–Crippen LogP) is -3.06. The van der Waals surface area contributed by atoms with Gasteiger partial charge in [-0.05, 0) is 188 Å². The van der Waals surface area contributed by atoms with Gasteiger partial charge in [-0.1, -0.05) is 120 Å². The first-order chi connectivity index (χ1) is 70.8. The number of aromatic amines is 2. The fourth-order valence-electron chi connectivity index (χ4n) is 16.9. The van der Waals surface area contributed by atoms with E-state index >= 15 is 33.6 Å². The molecule has 47 heteroatoms. The summed E-state index contributed by atoms with van der Waals surface area (Å²) in [6, 6.07) is 0.979. The number of carboxylic acids is 1. The summed E-state index contributed by atoms with van der Waals surface area (Å²) in [5, 5.41) is 98.4. The van der Waals surface area contributed by atoms with Crippen LogP contribution in [-0.4, -0.2) is 289 Å². The van der Waals surface area contributed by atoms with Gasteiger partial charge in [0.25, 0.3) is 0 Å². The number of nitrogens with two attached hydrogens (primary N) is 4. The van der Waals surface area contributed by atoms with Gasteiger partial charge in [-0.3, -0.25) is 91.1 Å². The number of hydrogen-bond donors (Lipinski definition) is 28. The lowest BCUT2D eigenvalue weighted by atomic mass is 9.99. The molecular weight excluding hydrogens is 1930 g/mol. The number of aliphatic hydroxyl groups is 3. The van der Waals surface area contributed by atoms with E-state index in [1.807, 2.05) is 0 Å². The van der Waals surface area contributed by atoms with Crippen LogP contribution in [0.4, 0.5) is 0 Å². The predicted molar refractivity (Wildman–Crippen MR) is 548 cm³/mol. The van der Waals surface area contributed by atoms with Gasteiger partial charge >= 0.3 is 5.97 Å². The highest BCUT2D eigenvalue weighted by atomic mass is 16.4. The van der Waals surface area contributed by atoms with Crippen LogP contribution in [-0.2, 0) is 117 Å².